The van der Waals surface area contributed by atoms with E-state index in [1.807, 2.05) is 0 Å². The van der Waals surface area contributed by atoms with Crippen LogP contribution in [0.2, 0.25) is 0 Å². The Hall–Kier alpha value is -7.51. The summed E-state index contributed by atoms with van der Waals surface area (Å²) < 4.78 is 18.8. The highest BCUT2D eigenvalue weighted by Gasteiger charge is 2.50. The monoisotopic (exact) mass is 918 g/mol. The van der Waals surface area contributed by atoms with Crippen molar-refractivity contribution in [2.24, 2.45) is 14.3 Å². The molecule has 1 spiro atoms. The third kappa shape index (κ3) is 8.24. The summed E-state index contributed by atoms with van der Waals surface area (Å²) in [6.07, 6.45) is 0. The van der Waals surface area contributed by atoms with Crippen LogP contribution in [0.15, 0.2) is 257 Å². The quantitative estimate of drug-likeness (QED) is 0.139. The zero-order chi connectivity index (χ0) is 46.0. The first kappa shape index (κ1) is 42.8. The van der Waals surface area contributed by atoms with Gasteiger partial charge in [-0.3, -0.25) is 0 Å². The van der Waals surface area contributed by atoms with Crippen molar-refractivity contribution >= 4 is 19.4 Å². The second-order valence-electron chi connectivity index (χ2n) is 18.3. The van der Waals surface area contributed by atoms with E-state index in [-0.39, 0.29) is 36.3 Å². The first-order valence-electron chi connectivity index (χ1n) is 24.3. The lowest BCUT2D eigenvalue weighted by Crippen LogP contribution is -2.40. The van der Waals surface area contributed by atoms with Crippen LogP contribution in [0, 0.1) is 0 Å². The summed E-state index contributed by atoms with van der Waals surface area (Å²) in [5, 5.41) is 4.38. The number of benzene rings is 8. The maximum atomic E-state index is 6.28. The average molecular weight is 919 g/mol. The molecule has 4 aliphatic rings. The molecule has 8 nitrogen and oxygen atoms in total. The number of nitrogens with one attached hydrogen (secondary N) is 1. The van der Waals surface area contributed by atoms with Crippen LogP contribution >= 0.6 is 7.51 Å². The topological polar surface area (TPSA) is 62.1 Å². The second kappa shape index (κ2) is 18.9. The summed E-state index contributed by atoms with van der Waals surface area (Å²) >= 11 is 0. The Kier molecular flexibility index (Phi) is 11.7. The lowest BCUT2D eigenvalue weighted by Gasteiger charge is -2.36. The van der Waals surface area contributed by atoms with Crippen molar-refractivity contribution in [3.8, 4) is 0 Å². The summed E-state index contributed by atoms with van der Waals surface area (Å²) in [6.45, 7) is 3.08. The molecular formula is C60H55N8P. The molecule has 8 aromatic carbocycles. The molecule has 69 heavy (non-hydrogen) atoms. The van der Waals surface area contributed by atoms with Crippen molar-refractivity contribution in [1.82, 2.24) is 24.7 Å². The molecule has 5 atom stereocenters. The normalized spacial score (nSPS) is 22.1. The first-order chi connectivity index (χ1) is 34.2. The largest absolute Gasteiger partial charge is 0.332 e. The Morgan fingerprint density at radius 3 is 1.07 bits per heavy atom. The predicted octanol–water partition coefficient (Wildman–Crippen LogP) is 13.0. The van der Waals surface area contributed by atoms with E-state index in [2.05, 4.69) is 267 Å². The van der Waals surface area contributed by atoms with Gasteiger partial charge in [-0.15, -0.1) is 0 Å². The van der Waals surface area contributed by atoms with Gasteiger partial charge in [0.25, 0.3) is 7.51 Å². The van der Waals surface area contributed by atoms with Crippen molar-refractivity contribution in [3.05, 3.63) is 287 Å². The molecule has 0 aliphatic carbocycles. The Bertz CT molecular complexity index is 3010. The smallest absolute Gasteiger partial charge is 0.260 e. The first-order valence-corrected chi connectivity index (χ1v) is 25.9. The van der Waals surface area contributed by atoms with Crippen LogP contribution in [-0.4, -0.2) is 57.7 Å². The zero-order valence-corrected chi connectivity index (χ0v) is 39.4. The Balaban J connectivity index is 1.17. The van der Waals surface area contributed by atoms with E-state index in [0.29, 0.717) is 0 Å². The number of guanidine groups is 2. The Morgan fingerprint density at radius 1 is 0.362 bits per heavy atom. The molecule has 340 valence electrons. The van der Waals surface area contributed by atoms with Gasteiger partial charge in [0.1, 0.15) is 6.04 Å². The van der Waals surface area contributed by atoms with E-state index < -0.39 is 7.51 Å². The van der Waals surface area contributed by atoms with Crippen molar-refractivity contribution in [3.63, 3.8) is 0 Å². The lowest BCUT2D eigenvalue weighted by molar-refractivity contribution is 0.290. The van der Waals surface area contributed by atoms with E-state index in [1.54, 1.807) is 0 Å². The number of hydrogen-bond acceptors (Lipinski definition) is 8. The van der Waals surface area contributed by atoms with E-state index in [9.17, 15) is 0 Å². The SMILES string of the molecule is c1ccc(C(c2ccccc2)N2CCN3C2=N[P@@]2(=N[C@@H](c4ccccc4)[C@@H]3c3ccccc3)N=C3N(C(c4ccccc4)c4ccccc4)CCN3[C@@H](c3ccccc3)[C@H](c3ccccc3)N2)cc1. The third-order valence-electron chi connectivity index (χ3n) is 14.2. The van der Waals surface area contributed by atoms with Gasteiger partial charge in [0.05, 0.1) is 30.2 Å². The summed E-state index contributed by atoms with van der Waals surface area (Å²) in [5.74, 6) is 1.83. The number of hydrogen-bond donors (Lipinski definition) is 1. The highest BCUT2D eigenvalue weighted by atomic mass is 31.2. The van der Waals surface area contributed by atoms with Gasteiger partial charge in [-0.05, 0) is 44.5 Å². The van der Waals surface area contributed by atoms with Crippen LogP contribution in [0.3, 0.4) is 0 Å². The molecule has 9 heteroatoms. The second-order valence-corrected chi connectivity index (χ2v) is 20.3. The van der Waals surface area contributed by atoms with Gasteiger partial charge in [-0.2, -0.15) is 9.53 Å². The predicted molar refractivity (Wildman–Crippen MR) is 280 cm³/mol. The van der Waals surface area contributed by atoms with Crippen molar-refractivity contribution in [1.29, 1.82) is 0 Å². The van der Waals surface area contributed by atoms with Gasteiger partial charge in [-0.1, -0.05) is 243 Å². The van der Waals surface area contributed by atoms with E-state index >= 15 is 0 Å². The summed E-state index contributed by atoms with van der Waals surface area (Å²) in [6, 6.07) is 86.5. The highest BCUT2D eigenvalue weighted by molar-refractivity contribution is 7.62. The molecule has 0 aromatic heterocycles. The fourth-order valence-electron chi connectivity index (χ4n) is 11.2. The van der Waals surface area contributed by atoms with Crippen molar-refractivity contribution in [2.45, 2.75) is 36.3 Å². The average Bonchev–Trinajstić information content (AvgIpc) is 3.92. The van der Waals surface area contributed by atoms with Crippen LogP contribution in [0.1, 0.15) is 80.8 Å². The molecule has 2 saturated heterocycles. The molecule has 0 unspecified atom stereocenters. The zero-order valence-electron chi connectivity index (χ0n) is 38.5. The van der Waals surface area contributed by atoms with E-state index in [0.717, 1.165) is 43.7 Å². The molecule has 8 aromatic rings. The van der Waals surface area contributed by atoms with Crippen LogP contribution in [0.5, 0.6) is 0 Å². The molecule has 2 fully saturated rings. The minimum Gasteiger partial charge on any atom is -0.332 e. The lowest BCUT2D eigenvalue weighted by atomic mass is 9.93. The van der Waals surface area contributed by atoms with E-state index in [1.165, 1.54) is 38.9 Å². The summed E-state index contributed by atoms with van der Waals surface area (Å²) in [7, 11) is -3.41. The van der Waals surface area contributed by atoms with Gasteiger partial charge in [-0.25, -0.2) is 9.83 Å². The maximum Gasteiger partial charge on any atom is 0.260 e. The standard InChI is InChI=1S/C60H55N8P/c1-9-25-45(26-10-1)53-57(51-37-21-7-22-38-51)67-43-41-65(55(47-29-13-3-14-30-47)48-31-15-4-16-32-48)59(67)63-69(61-53)62-54(46-27-11-2-12-28-46)58(52-39-23-8-24-40-52)68-44-42-66(60(68)64-69)56(49-33-17-5-18-34-49)50-35-19-6-20-36-50/h1-40,53-58,61H,41-44H2/t53-,54-,57-,58-,69-/m0/s1. The van der Waals surface area contributed by atoms with Crippen LogP contribution in [0.4, 0.5) is 0 Å². The van der Waals surface area contributed by atoms with Gasteiger partial charge in [0.15, 0.2) is 0 Å². The summed E-state index contributed by atoms with van der Waals surface area (Å²) in [4.78, 5) is 10.2. The molecule has 0 saturated carbocycles. The molecule has 12 rings (SSSR count). The minimum absolute atomic E-state index is 0.109. The summed E-state index contributed by atoms with van der Waals surface area (Å²) in [5.41, 5.74) is 9.57. The highest BCUT2D eigenvalue weighted by Crippen LogP contribution is 2.62. The molecule has 1 N–H and O–H groups in total. The number of rotatable bonds is 10. The van der Waals surface area contributed by atoms with Gasteiger partial charge >= 0.3 is 0 Å². The van der Waals surface area contributed by atoms with Gasteiger partial charge in [0.2, 0.25) is 11.9 Å². The fraction of sp³-hybridized carbons (Fsp3) is 0.167. The molecule has 4 heterocycles. The van der Waals surface area contributed by atoms with Crippen LogP contribution < -0.4 is 5.09 Å². The van der Waals surface area contributed by atoms with E-state index in [4.69, 9.17) is 14.3 Å². The van der Waals surface area contributed by atoms with Crippen LogP contribution in [-0.2, 0) is 0 Å². The third-order valence-corrected chi connectivity index (χ3v) is 16.3. The maximum absolute atomic E-state index is 6.28. The number of fused-ring (bicyclic) bond motifs is 2. The Morgan fingerprint density at radius 2 is 0.681 bits per heavy atom. The van der Waals surface area contributed by atoms with Gasteiger partial charge in [0, 0.05) is 26.2 Å². The molecule has 0 amide bonds. The molecule has 4 aliphatic heterocycles. The van der Waals surface area contributed by atoms with Crippen molar-refractivity contribution < 1.29 is 0 Å². The molecule has 0 radical (unpaired) electrons. The minimum atomic E-state index is -3.41. The van der Waals surface area contributed by atoms with Gasteiger partial charge < -0.3 is 19.6 Å². The molecular weight excluding hydrogens is 864 g/mol. The number of nitrogens with zero attached hydrogens (tertiary/aromatic N) is 7. The molecule has 0 bridgehead atoms. The van der Waals surface area contributed by atoms with Crippen LogP contribution in [0.25, 0.3) is 0 Å². The fourth-order valence-corrected chi connectivity index (χ4v) is 13.7. The Labute approximate surface area is 406 Å². The van der Waals surface area contributed by atoms with Crippen molar-refractivity contribution in [2.75, 3.05) is 26.2 Å².